The van der Waals surface area contributed by atoms with Crippen LogP contribution in [0, 0.1) is 6.92 Å². The van der Waals surface area contributed by atoms with Crippen molar-refractivity contribution in [1.82, 2.24) is 9.97 Å². The van der Waals surface area contributed by atoms with Crippen LogP contribution < -0.4 is 4.90 Å². The maximum atomic E-state index is 5.90. The zero-order valence-electron chi connectivity index (χ0n) is 10.4. The molecule has 0 radical (unpaired) electrons. The van der Waals surface area contributed by atoms with Gasteiger partial charge in [0.05, 0.1) is 16.7 Å². The number of benzene rings is 1. The number of hydrogen-bond donors (Lipinski definition) is 0. The van der Waals surface area contributed by atoms with E-state index in [4.69, 9.17) is 16.6 Å². The predicted octanol–water partition coefficient (Wildman–Crippen LogP) is 3.15. The first-order valence-corrected chi connectivity index (χ1v) is 6.89. The molecule has 2 aromatic rings. The predicted molar refractivity (Wildman–Crippen MR) is 75.4 cm³/mol. The van der Waals surface area contributed by atoms with Gasteiger partial charge in [0.25, 0.3) is 0 Å². The Morgan fingerprint density at radius 2 is 1.89 bits per heavy atom. The lowest BCUT2D eigenvalue weighted by Gasteiger charge is -2.23. The Labute approximate surface area is 112 Å². The van der Waals surface area contributed by atoms with Crippen LogP contribution in [0.15, 0.2) is 24.3 Å². The first kappa shape index (κ1) is 11.7. The highest BCUT2D eigenvalue weighted by molar-refractivity contribution is 6.18. The van der Waals surface area contributed by atoms with Crippen LogP contribution in [0.1, 0.15) is 18.5 Å². The molecular formula is C14H16ClN3. The molecule has 0 spiro atoms. The second-order valence-corrected chi connectivity index (χ2v) is 5.11. The Morgan fingerprint density at radius 3 is 2.50 bits per heavy atom. The monoisotopic (exact) mass is 261 g/mol. The van der Waals surface area contributed by atoms with Crippen molar-refractivity contribution in [3.8, 4) is 0 Å². The van der Waals surface area contributed by atoms with Crippen molar-refractivity contribution in [3.05, 3.63) is 30.0 Å². The van der Waals surface area contributed by atoms with Crippen molar-refractivity contribution in [2.75, 3.05) is 17.3 Å². The minimum Gasteiger partial charge on any atom is -0.351 e. The molecule has 0 amide bonds. The van der Waals surface area contributed by atoms with Gasteiger partial charge < -0.3 is 4.90 Å². The molecule has 4 heteroatoms. The highest BCUT2D eigenvalue weighted by Crippen LogP contribution is 2.32. The van der Waals surface area contributed by atoms with Gasteiger partial charge in [-0.05, 0) is 31.9 Å². The molecule has 1 saturated carbocycles. The second-order valence-electron chi connectivity index (χ2n) is 4.73. The second kappa shape index (κ2) is 4.73. The van der Waals surface area contributed by atoms with E-state index < -0.39 is 0 Å². The zero-order valence-corrected chi connectivity index (χ0v) is 11.2. The summed E-state index contributed by atoms with van der Waals surface area (Å²) < 4.78 is 0. The summed E-state index contributed by atoms with van der Waals surface area (Å²) in [6.45, 7) is 2.87. The Kier molecular flexibility index (Phi) is 3.08. The molecule has 0 atom stereocenters. The van der Waals surface area contributed by atoms with Gasteiger partial charge in [-0.15, -0.1) is 11.6 Å². The fraction of sp³-hybridized carbons (Fsp3) is 0.429. The number of hydrogen-bond acceptors (Lipinski definition) is 3. The van der Waals surface area contributed by atoms with Crippen molar-refractivity contribution in [1.29, 1.82) is 0 Å². The van der Waals surface area contributed by atoms with Gasteiger partial charge in [-0.2, -0.15) is 0 Å². The van der Waals surface area contributed by atoms with Crippen molar-refractivity contribution in [2.45, 2.75) is 25.8 Å². The quantitative estimate of drug-likeness (QED) is 0.792. The van der Waals surface area contributed by atoms with Gasteiger partial charge in [0.15, 0.2) is 5.82 Å². The van der Waals surface area contributed by atoms with Crippen molar-refractivity contribution < 1.29 is 0 Å². The average Bonchev–Trinajstić information content (AvgIpc) is 3.20. The normalized spacial score (nSPS) is 15.0. The lowest BCUT2D eigenvalue weighted by molar-refractivity contribution is 0.804. The largest absolute Gasteiger partial charge is 0.351 e. The SMILES string of the molecule is Cc1nc2ccccc2nc1N(CCCl)C1CC1. The molecule has 0 saturated heterocycles. The molecule has 1 fully saturated rings. The van der Waals surface area contributed by atoms with E-state index in [0.717, 1.165) is 29.1 Å². The van der Waals surface area contributed by atoms with E-state index in [2.05, 4.69) is 9.88 Å². The molecule has 0 aliphatic heterocycles. The first-order valence-electron chi connectivity index (χ1n) is 6.35. The number of nitrogens with zero attached hydrogens (tertiary/aromatic N) is 3. The number of alkyl halides is 1. The zero-order chi connectivity index (χ0) is 12.5. The summed E-state index contributed by atoms with van der Waals surface area (Å²) in [5.74, 6) is 1.63. The lowest BCUT2D eigenvalue weighted by Crippen LogP contribution is -2.29. The fourth-order valence-electron chi connectivity index (χ4n) is 2.29. The molecule has 1 aliphatic carbocycles. The fourth-order valence-corrected chi connectivity index (χ4v) is 2.47. The van der Waals surface area contributed by atoms with Gasteiger partial charge in [0.2, 0.25) is 0 Å². The number of rotatable bonds is 4. The summed E-state index contributed by atoms with van der Waals surface area (Å²) in [5.41, 5.74) is 2.91. The van der Waals surface area contributed by atoms with Gasteiger partial charge in [-0.3, -0.25) is 0 Å². The highest BCUT2D eigenvalue weighted by Gasteiger charge is 2.30. The Morgan fingerprint density at radius 1 is 1.22 bits per heavy atom. The number of aromatic nitrogens is 2. The third kappa shape index (κ3) is 2.15. The third-order valence-corrected chi connectivity index (χ3v) is 3.47. The van der Waals surface area contributed by atoms with E-state index in [1.807, 2.05) is 31.2 Å². The van der Waals surface area contributed by atoms with E-state index >= 15 is 0 Å². The van der Waals surface area contributed by atoms with Crippen molar-refractivity contribution >= 4 is 28.5 Å². The Bertz CT molecular complexity index is 566. The molecule has 0 N–H and O–H groups in total. The van der Waals surface area contributed by atoms with Gasteiger partial charge in [0, 0.05) is 18.5 Å². The minimum absolute atomic E-state index is 0.609. The molecule has 1 aromatic carbocycles. The van der Waals surface area contributed by atoms with Crippen LogP contribution in [0.25, 0.3) is 11.0 Å². The van der Waals surface area contributed by atoms with E-state index in [1.54, 1.807) is 0 Å². The topological polar surface area (TPSA) is 29.0 Å². The van der Waals surface area contributed by atoms with Gasteiger partial charge in [0.1, 0.15) is 0 Å². The minimum atomic E-state index is 0.609. The number of aryl methyl sites for hydroxylation is 1. The molecule has 0 bridgehead atoms. The first-order chi connectivity index (χ1) is 8.79. The molecule has 1 aliphatic rings. The van der Waals surface area contributed by atoms with E-state index in [9.17, 15) is 0 Å². The molecular weight excluding hydrogens is 246 g/mol. The standard InChI is InChI=1S/C14H16ClN3/c1-10-14(18(9-8-15)11-6-7-11)17-13-5-3-2-4-12(13)16-10/h2-5,11H,6-9H2,1H3. The molecule has 1 aromatic heterocycles. The molecule has 18 heavy (non-hydrogen) atoms. The molecule has 0 unspecified atom stereocenters. The smallest absolute Gasteiger partial charge is 0.151 e. The molecule has 1 heterocycles. The summed E-state index contributed by atoms with van der Waals surface area (Å²) >= 11 is 5.90. The van der Waals surface area contributed by atoms with E-state index in [-0.39, 0.29) is 0 Å². The summed E-state index contributed by atoms with van der Waals surface area (Å²) in [4.78, 5) is 11.7. The summed E-state index contributed by atoms with van der Waals surface area (Å²) in [7, 11) is 0. The number of halogens is 1. The molecule has 3 rings (SSSR count). The van der Waals surface area contributed by atoms with Crippen LogP contribution in [0.5, 0.6) is 0 Å². The van der Waals surface area contributed by atoms with Gasteiger partial charge in [-0.1, -0.05) is 12.1 Å². The number of anilines is 1. The van der Waals surface area contributed by atoms with Crippen LogP contribution in [-0.4, -0.2) is 28.4 Å². The summed E-state index contributed by atoms with van der Waals surface area (Å²) in [6, 6.07) is 8.61. The van der Waals surface area contributed by atoms with Crippen LogP contribution in [0.2, 0.25) is 0 Å². The Hall–Kier alpha value is -1.35. The molecule has 3 nitrogen and oxygen atoms in total. The van der Waals surface area contributed by atoms with Crippen LogP contribution in [0.3, 0.4) is 0 Å². The maximum Gasteiger partial charge on any atom is 0.151 e. The van der Waals surface area contributed by atoms with Crippen LogP contribution >= 0.6 is 11.6 Å². The number of para-hydroxylation sites is 2. The summed E-state index contributed by atoms with van der Waals surface area (Å²) in [6.07, 6.45) is 2.48. The van der Waals surface area contributed by atoms with E-state index in [0.29, 0.717) is 11.9 Å². The van der Waals surface area contributed by atoms with Gasteiger partial charge in [-0.25, -0.2) is 9.97 Å². The van der Waals surface area contributed by atoms with Crippen molar-refractivity contribution in [2.24, 2.45) is 0 Å². The lowest BCUT2D eigenvalue weighted by atomic mass is 10.2. The van der Waals surface area contributed by atoms with E-state index in [1.165, 1.54) is 12.8 Å². The van der Waals surface area contributed by atoms with Gasteiger partial charge >= 0.3 is 0 Å². The average molecular weight is 262 g/mol. The molecule has 94 valence electrons. The Balaban J connectivity index is 2.06. The van der Waals surface area contributed by atoms with Crippen LogP contribution in [-0.2, 0) is 0 Å². The third-order valence-electron chi connectivity index (χ3n) is 3.30. The number of fused-ring (bicyclic) bond motifs is 1. The van der Waals surface area contributed by atoms with Crippen molar-refractivity contribution in [3.63, 3.8) is 0 Å². The summed E-state index contributed by atoms with van der Waals surface area (Å²) in [5, 5.41) is 0. The maximum absolute atomic E-state index is 5.90. The van der Waals surface area contributed by atoms with Crippen LogP contribution in [0.4, 0.5) is 5.82 Å². The highest BCUT2D eigenvalue weighted by atomic mass is 35.5.